The van der Waals surface area contributed by atoms with Crippen LogP contribution >= 0.6 is 0 Å². The number of carbonyl (C=O) groups excluding carboxylic acids is 6. The van der Waals surface area contributed by atoms with Crippen LogP contribution in [0.4, 0.5) is 0 Å². The van der Waals surface area contributed by atoms with E-state index in [0.717, 1.165) is 6.42 Å². The molecule has 0 aliphatic carbocycles. The number of carbonyl (C=O) groups is 6. The van der Waals surface area contributed by atoms with Crippen LogP contribution in [0.5, 0.6) is 0 Å². The van der Waals surface area contributed by atoms with E-state index in [1.165, 1.54) is 0 Å². The molecule has 0 heterocycles. The molecule has 46 heavy (non-hydrogen) atoms. The minimum Gasteiger partial charge on any atom is -1.00 e. The summed E-state index contributed by atoms with van der Waals surface area (Å²) in [6, 6.07) is -3.63. The third-order valence-corrected chi connectivity index (χ3v) is 8.60. The number of rotatable bonds is 20. The quantitative estimate of drug-likeness (QED) is 0.0841. The van der Waals surface area contributed by atoms with E-state index in [1.807, 2.05) is 41.5 Å². The normalized spacial score (nSPS) is 14.8. The maximum atomic E-state index is 13.9. The summed E-state index contributed by atoms with van der Waals surface area (Å²) in [5.41, 5.74) is 0. The van der Waals surface area contributed by atoms with Gasteiger partial charge in [0, 0.05) is 23.9 Å². The SMILES string of the molecule is CC(C)CCNC(=O)[C@H](C)NC(=O)C(C(=O)[C@H](CC(C)C)NC(=O)[C@@H](NC(=O)[C@@H](NC(=O)CC(C)C)C(C)C)C(C)C)[S+](C)C.[Cl-]. The van der Waals surface area contributed by atoms with E-state index in [2.05, 4.69) is 40.4 Å². The van der Waals surface area contributed by atoms with Crippen LogP contribution in [0.1, 0.15) is 95.4 Å². The Labute approximate surface area is 286 Å². The summed E-state index contributed by atoms with van der Waals surface area (Å²) in [6.45, 7) is 21.0. The molecule has 1 unspecified atom stereocenters. The number of halogens is 1. The number of ketones is 1. The highest BCUT2D eigenvalue weighted by Gasteiger charge is 2.43. The van der Waals surface area contributed by atoms with Gasteiger partial charge in [-0.15, -0.1) is 0 Å². The highest BCUT2D eigenvalue weighted by molar-refractivity contribution is 7.97. The second kappa shape index (κ2) is 22.3. The molecular formula is C33H62ClN5O6S. The molecule has 0 fully saturated rings. The molecule has 0 radical (unpaired) electrons. The van der Waals surface area contributed by atoms with E-state index < -0.39 is 63.8 Å². The van der Waals surface area contributed by atoms with Gasteiger partial charge in [-0.25, -0.2) is 0 Å². The Morgan fingerprint density at radius 2 is 1.09 bits per heavy atom. The van der Waals surface area contributed by atoms with Gasteiger partial charge in [0.05, 0.1) is 18.6 Å². The van der Waals surface area contributed by atoms with Gasteiger partial charge in [0.2, 0.25) is 29.4 Å². The Morgan fingerprint density at radius 1 is 0.587 bits per heavy atom. The van der Waals surface area contributed by atoms with Crippen molar-refractivity contribution in [3.63, 3.8) is 0 Å². The van der Waals surface area contributed by atoms with E-state index in [9.17, 15) is 28.8 Å². The van der Waals surface area contributed by atoms with Crippen LogP contribution in [0.3, 0.4) is 0 Å². The van der Waals surface area contributed by atoms with E-state index in [-0.39, 0.29) is 60.7 Å². The van der Waals surface area contributed by atoms with Gasteiger partial charge in [0.1, 0.15) is 18.1 Å². The van der Waals surface area contributed by atoms with Gasteiger partial charge in [-0.3, -0.25) is 28.8 Å². The first-order valence-corrected chi connectivity index (χ1v) is 18.4. The smallest absolute Gasteiger partial charge is 0.281 e. The largest absolute Gasteiger partial charge is 1.00 e. The lowest BCUT2D eigenvalue weighted by Crippen LogP contribution is -3.00. The van der Waals surface area contributed by atoms with E-state index >= 15 is 0 Å². The first-order chi connectivity index (χ1) is 20.7. The number of hydrogen-bond acceptors (Lipinski definition) is 6. The predicted molar refractivity (Wildman–Crippen MR) is 182 cm³/mol. The fraction of sp³-hybridized carbons (Fsp3) is 0.818. The molecule has 13 heteroatoms. The number of Topliss-reactive ketones (excluding diaryl/α,β-unsaturated/α-hetero) is 1. The molecule has 0 aliphatic heterocycles. The monoisotopic (exact) mass is 691 g/mol. The maximum absolute atomic E-state index is 13.9. The van der Waals surface area contributed by atoms with Crippen molar-refractivity contribution in [1.29, 1.82) is 0 Å². The average molecular weight is 692 g/mol. The van der Waals surface area contributed by atoms with Gasteiger partial charge < -0.3 is 39.0 Å². The maximum Gasteiger partial charge on any atom is 0.281 e. The molecule has 0 aromatic rings. The van der Waals surface area contributed by atoms with Crippen molar-refractivity contribution in [2.24, 2.45) is 29.6 Å². The molecule has 0 rings (SSSR count). The van der Waals surface area contributed by atoms with Crippen LogP contribution in [0.25, 0.3) is 0 Å². The Morgan fingerprint density at radius 3 is 1.52 bits per heavy atom. The fourth-order valence-electron chi connectivity index (χ4n) is 4.65. The number of hydrogen-bond donors (Lipinski definition) is 5. The molecule has 0 saturated heterocycles. The Kier molecular flexibility index (Phi) is 22.2. The van der Waals surface area contributed by atoms with Crippen LogP contribution in [0.2, 0.25) is 0 Å². The summed E-state index contributed by atoms with van der Waals surface area (Å²) in [4.78, 5) is 79.2. The standard InChI is InChI=1S/C33H61N5O6S.ClH/c1-18(2)14-15-34-30(41)23(11)35-33(44)29(45(12)13)28(40)24(16-19(3)4)36-31(42)27(22(9)10)38-32(43)26(21(7)8)37-25(39)17-20(5)6;/h18-24,26-27,29H,14-17H2,1-13H3,(H4-,34,35,36,37,38,39,41,42,43,44);1H/t23-,24-,26-,27-,29?;/m0./s1. The molecule has 0 aliphatic rings. The topological polar surface area (TPSA) is 163 Å². The first-order valence-electron chi connectivity index (χ1n) is 16.3. The van der Waals surface area contributed by atoms with Crippen molar-refractivity contribution in [1.82, 2.24) is 26.6 Å². The van der Waals surface area contributed by atoms with Gasteiger partial charge in [0.15, 0.2) is 0 Å². The summed E-state index contributed by atoms with van der Waals surface area (Å²) >= 11 is 0. The fourth-order valence-corrected chi connectivity index (χ4v) is 5.77. The summed E-state index contributed by atoms with van der Waals surface area (Å²) in [5, 5.41) is 12.8. The van der Waals surface area contributed by atoms with E-state index in [4.69, 9.17) is 0 Å². The number of amides is 5. The Balaban J connectivity index is 0. The second-order valence-corrected chi connectivity index (χ2v) is 16.4. The van der Waals surface area contributed by atoms with Crippen LogP contribution in [-0.4, -0.2) is 83.8 Å². The molecule has 5 N–H and O–H groups in total. The molecule has 0 aromatic heterocycles. The van der Waals surface area contributed by atoms with Crippen molar-refractivity contribution < 1.29 is 41.2 Å². The average Bonchev–Trinajstić information content (AvgIpc) is 2.88. The minimum absolute atomic E-state index is 0. The lowest BCUT2D eigenvalue weighted by Gasteiger charge is -2.29. The van der Waals surface area contributed by atoms with E-state index in [1.54, 1.807) is 33.3 Å². The molecule has 0 saturated carbocycles. The first kappa shape index (κ1) is 45.8. The van der Waals surface area contributed by atoms with Crippen molar-refractivity contribution >= 4 is 46.2 Å². The third-order valence-electron chi connectivity index (χ3n) is 7.21. The predicted octanol–water partition coefficient (Wildman–Crippen LogP) is -0.668. The third kappa shape index (κ3) is 17.0. The molecule has 5 amide bonds. The lowest BCUT2D eigenvalue weighted by atomic mass is 9.95. The van der Waals surface area contributed by atoms with Gasteiger partial charge in [-0.2, -0.15) is 0 Å². The summed E-state index contributed by atoms with van der Waals surface area (Å²) in [5.74, 6) is -2.60. The Bertz CT molecular complexity index is 1010. The number of nitrogens with one attached hydrogen (secondary N) is 5. The zero-order chi connectivity index (χ0) is 35.2. The van der Waals surface area contributed by atoms with Crippen molar-refractivity contribution in [2.75, 3.05) is 19.1 Å². The summed E-state index contributed by atoms with van der Waals surface area (Å²) < 4.78 is 0. The van der Waals surface area contributed by atoms with Crippen LogP contribution in [0, 0.1) is 29.6 Å². The van der Waals surface area contributed by atoms with Crippen molar-refractivity contribution in [3.05, 3.63) is 0 Å². The molecule has 5 atom stereocenters. The van der Waals surface area contributed by atoms with Gasteiger partial charge >= 0.3 is 0 Å². The zero-order valence-electron chi connectivity index (χ0n) is 30.3. The Hall–Kier alpha value is -2.34. The minimum atomic E-state index is -1.08. The second-order valence-electron chi connectivity index (χ2n) is 14.2. The van der Waals surface area contributed by atoms with Crippen molar-refractivity contribution in [2.45, 2.75) is 125 Å². The lowest BCUT2D eigenvalue weighted by molar-refractivity contribution is -0.136. The van der Waals surface area contributed by atoms with Crippen molar-refractivity contribution in [3.8, 4) is 0 Å². The highest BCUT2D eigenvalue weighted by atomic mass is 35.5. The summed E-state index contributed by atoms with van der Waals surface area (Å²) in [7, 11) is -0.710. The molecule has 268 valence electrons. The van der Waals surface area contributed by atoms with Gasteiger partial charge in [-0.1, -0.05) is 69.2 Å². The van der Waals surface area contributed by atoms with Crippen LogP contribution in [0.15, 0.2) is 0 Å². The summed E-state index contributed by atoms with van der Waals surface area (Å²) in [6.07, 6.45) is 4.92. The zero-order valence-corrected chi connectivity index (χ0v) is 31.9. The molecule has 0 spiro atoms. The van der Waals surface area contributed by atoms with Gasteiger partial charge in [-0.05, 0) is 49.4 Å². The van der Waals surface area contributed by atoms with Crippen LogP contribution in [-0.2, 0) is 39.7 Å². The molecular weight excluding hydrogens is 630 g/mol. The van der Waals surface area contributed by atoms with E-state index in [0.29, 0.717) is 12.5 Å². The molecule has 11 nitrogen and oxygen atoms in total. The van der Waals surface area contributed by atoms with Crippen LogP contribution < -0.4 is 39.0 Å². The molecule has 0 bridgehead atoms. The molecule has 0 aromatic carbocycles. The van der Waals surface area contributed by atoms with Gasteiger partial charge in [0.25, 0.3) is 11.2 Å². The highest BCUT2D eigenvalue weighted by Crippen LogP contribution is 2.15.